The van der Waals surface area contributed by atoms with Crippen molar-refractivity contribution in [3.63, 3.8) is 0 Å². The lowest BCUT2D eigenvalue weighted by molar-refractivity contribution is 0.0947. The number of nitrogens with zero attached hydrogens (tertiary/aromatic N) is 1. The molecule has 5 nitrogen and oxygen atoms in total. The Kier molecular flexibility index (Phi) is 5.26. The van der Waals surface area contributed by atoms with Crippen LogP contribution in [-0.4, -0.2) is 17.4 Å². The van der Waals surface area contributed by atoms with E-state index in [0.29, 0.717) is 12.4 Å². The molecule has 0 aliphatic rings. The lowest BCUT2D eigenvalue weighted by atomic mass is 9.91. The number of rotatable bonds is 6. The number of carbonyl (C=O) groups excluding carboxylic acids is 1. The summed E-state index contributed by atoms with van der Waals surface area (Å²) in [5.74, 6) is 0.145. The van der Waals surface area contributed by atoms with Gasteiger partial charge in [0.25, 0.3) is 5.91 Å². The van der Waals surface area contributed by atoms with Crippen molar-refractivity contribution in [2.75, 3.05) is 6.54 Å². The van der Waals surface area contributed by atoms with Crippen molar-refractivity contribution in [1.82, 2.24) is 10.3 Å². The van der Waals surface area contributed by atoms with Gasteiger partial charge in [-0.25, -0.2) is 4.98 Å². The van der Waals surface area contributed by atoms with Crippen LogP contribution < -0.4 is 11.1 Å². The standard InChI is InChI=1S/C20H21N3O2/c1-14(21)20-23-18(13-25-20)19(24)22-12-17(15-8-4-2-5-9-15)16-10-6-3-7-11-16/h2-11,13-14,17H,12,21H2,1H3,(H,22,24). The summed E-state index contributed by atoms with van der Waals surface area (Å²) >= 11 is 0. The molecule has 3 aromatic rings. The minimum Gasteiger partial charge on any atom is -0.446 e. The molecule has 0 aliphatic heterocycles. The van der Waals surface area contributed by atoms with E-state index in [-0.39, 0.29) is 23.6 Å². The molecule has 128 valence electrons. The van der Waals surface area contributed by atoms with E-state index in [2.05, 4.69) is 34.6 Å². The van der Waals surface area contributed by atoms with Gasteiger partial charge in [0.1, 0.15) is 6.26 Å². The van der Waals surface area contributed by atoms with E-state index >= 15 is 0 Å². The number of amides is 1. The summed E-state index contributed by atoms with van der Waals surface area (Å²) in [4.78, 5) is 16.5. The van der Waals surface area contributed by atoms with E-state index in [9.17, 15) is 4.79 Å². The molecule has 1 amide bonds. The van der Waals surface area contributed by atoms with E-state index in [1.807, 2.05) is 36.4 Å². The first-order valence-corrected chi connectivity index (χ1v) is 8.24. The number of nitrogens with one attached hydrogen (secondary N) is 1. The molecule has 3 rings (SSSR count). The van der Waals surface area contributed by atoms with Crippen molar-refractivity contribution in [3.8, 4) is 0 Å². The van der Waals surface area contributed by atoms with Crippen LogP contribution in [0.5, 0.6) is 0 Å². The van der Waals surface area contributed by atoms with Crippen molar-refractivity contribution in [3.05, 3.63) is 89.6 Å². The Morgan fingerprint density at radius 2 is 1.64 bits per heavy atom. The molecule has 1 aromatic heterocycles. The van der Waals surface area contributed by atoms with Gasteiger partial charge in [-0.3, -0.25) is 4.79 Å². The molecule has 1 atom stereocenters. The maximum atomic E-state index is 12.4. The largest absolute Gasteiger partial charge is 0.446 e. The highest BCUT2D eigenvalue weighted by molar-refractivity contribution is 5.92. The van der Waals surface area contributed by atoms with Gasteiger partial charge in [-0.2, -0.15) is 0 Å². The third kappa shape index (κ3) is 4.14. The van der Waals surface area contributed by atoms with Gasteiger partial charge >= 0.3 is 0 Å². The quantitative estimate of drug-likeness (QED) is 0.724. The number of benzene rings is 2. The van der Waals surface area contributed by atoms with E-state index < -0.39 is 0 Å². The Labute approximate surface area is 146 Å². The molecule has 0 bridgehead atoms. The minimum absolute atomic E-state index is 0.0613. The van der Waals surface area contributed by atoms with Crippen molar-refractivity contribution < 1.29 is 9.21 Å². The highest BCUT2D eigenvalue weighted by atomic mass is 16.3. The van der Waals surface area contributed by atoms with Crippen LogP contribution >= 0.6 is 0 Å². The zero-order valence-electron chi connectivity index (χ0n) is 14.1. The molecule has 0 spiro atoms. The molecule has 5 heteroatoms. The first kappa shape index (κ1) is 16.9. The summed E-state index contributed by atoms with van der Waals surface area (Å²) < 4.78 is 5.23. The lowest BCUT2D eigenvalue weighted by Crippen LogP contribution is -2.29. The van der Waals surface area contributed by atoms with E-state index in [4.69, 9.17) is 10.2 Å². The van der Waals surface area contributed by atoms with Crippen LogP contribution in [0.1, 0.15) is 46.4 Å². The van der Waals surface area contributed by atoms with Gasteiger partial charge < -0.3 is 15.5 Å². The van der Waals surface area contributed by atoms with Gasteiger partial charge in [0.2, 0.25) is 5.89 Å². The van der Waals surface area contributed by atoms with Crippen molar-refractivity contribution >= 4 is 5.91 Å². The fraction of sp³-hybridized carbons (Fsp3) is 0.200. The average molecular weight is 335 g/mol. The highest BCUT2D eigenvalue weighted by Crippen LogP contribution is 2.23. The van der Waals surface area contributed by atoms with Crippen molar-refractivity contribution in [2.24, 2.45) is 5.73 Å². The van der Waals surface area contributed by atoms with Gasteiger partial charge in [0, 0.05) is 12.5 Å². The van der Waals surface area contributed by atoms with Gasteiger partial charge in [-0.05, 0) is 18.1 Å². The first-order chi connectivity index (χ1) is 12.1. The second kappa shape index (κ2) is 7.77. The summed E-state index contributed by atoms with van der Waals surface area (Å²) in [6, 6.07) is 19.9. The molecule has 1 heterocycles. The van der Waals surface area contributed by atoms with Crippen LogP contribution in [0.4, 0.5) is 0 Å². The Bertz CT molecular complexity index is 774. The molecule has 2 aromatic carbocycles. The van der Waals surface area contributed by atoms with Crippen LogP contribution in [0, 0.1) is 0 Å². The van der Waals surface area contributed by atoms with Gasteiger partial charge in [0.15, 0.2) is 5.69 Å². The minimum atomic E-state index is -0.345. The monoisotopic (exact) mass is 335 g/mol. The van der Waals surface area contributed by atoms with Crippen LogP contribution in [0.3, 0.4) is 0 Å². The average Bonchev–Trinajstić information content (AvgIpc) is 3.14. The Hall–Kier alpha value is -2.92. The third-order valence-electron chi connectivity index (χ3n) is 4.01. The summed E-state index contributed by atoms with van der Waals surface area (Å²) in [6.07, 6.45) is 1.34. The van der Waals surface area contributed by atoms with Crippen LogP contribution in [0.25, 0.3) is 0 Å². The fourth-order valence-electron chi connectivity index (χ4n) is 2.69. The molecule has 3 N–H and O–H groups in total. The van der Waals surface area contributed by atoms with E-state index in [1.165, 1.54) is 6.26 Å². The number of hydrogen-bond acceptors (Lipinski definition) is 4. The molecule has 0 saturated carbocycles. The molecule has 0 fully saturated rings. The maximum Gasteiger partial charge on any atom is 0.273 e. The smallest absolute Gasteiger partial charge is 0.273 e. The van der Waals surface area contributed by atoms with Crippen molar-refractivity contribution in [2.45, 2.75) is 18.9 Å². The molecule has 25 heavy (non-hydrogen) atoms. The van der Waals surface area contributed by atoms with Crippen LogP contribution in [-0.2, 0) is 0 Å². The fourth-order valence-corrected chi connectivity index (χ4v) is 2.69. The number of carbonyl (C=O) groups is 1. The van der Waals surface area contributed by atoms with Crippen LogP contribution in [0.2, 0.25) is 0 Å². The molecule has 1 unspecified atom stereocenters. The Balaban J connectivity index is 1.75. The van der Waals surface area contributed by atoms with Gasteiger partial charge in [0.05, 0.1) is 6.04 Å². The third-order valence-corrected chi connectivity index (χ3v) is 4.01. The number of aromatic nitrogens is 1. The Morgan fingerprint density at radius 1 is 1.08 bits per heavy atom. The van der Waals surface area contributed by atoms with Crippen LogP contribution in [0.15, 0.2) is 71.3 Å². The van der Waals surface area contributed by atoms with Gasteiger partial charge in [-0.1, -0.05) is 60.7 Å². The number of hydrogen-bond donors (Lipinski definition) is 2. The lowest BCUT2D eigenvalue weighted by Gasteiger charge is -2.18. The second-order valence-corrected chi connectivity index (χ2v) is 5.94. The molecular weight excluding hydrogens is 314 g/mol. The van der Waals surface area contributed by atoms with E-state index in [0.717, 1.165) is 11.1 Å². The predicted octanol–water partition coefficient (Wildman–Crippen LogP) is 3.26. The summed E-state index contributed by atoms with van der Waals surface area (Å²) in [7, 11) is 0. The van der Waals surface area contributed by atoms with Crippen molar-refractivity contribution in [1.29, 1.82) is 0 Å². The SMILES string of the molecule is CC(N)c1nc(C(=O)NCC(c2ccccc2)c2ccccc2)co1. The van der Waals surface area contributed by atoms with Gasteiger partial charge in [-0.15, -0.1) is 0 Å². The normalized spacial score (nSPS) is 12.1. The predicted molar refractivity (Wildman–Crippen MR) is 96.2 cm³/mol. The second-order valence-electron chi connectivity index (χ2n) is 5.94. The zero-order chi connectivity index (χ0) is 17.6. The number of oxazole rings is 1. The Morgan fingerprint density at radius 3 is 2.12 bits per heavy atom. The van der Waals surface area contributed by atoms with E-state index in [1.54, 1.807) is 6.92 Å². The summed E-state index contributed by atoms with van der Waals surface area (Å²) in [5.41, 5.74) is 8.24. The highest BCUT2D eigenvalue weighted by Gasteiger charge is 2.18. The first-order valence-electron chi connectivity index (χ1n) is 8.24. The summed E-state index contributed by atoms with van der Waals surface area (Å²) in [6.45, 7) is 2.22. The topological polar surface area (TPSA) is 81.1 Å². The maximum absolute atomic E-state index is 12.4. The molecule has 0 aliphatic carbocycles. The molecular formula is C20H21N3O2. The summed E-state index contributed by atoms with van der Waals surface area (Å²) in [5, 5.41) is 2.95. The molecule has 0 radical (unpaired) electrons. The zero-order valence-corrected chi connectivity index (χ0v) is 14.1. The number of nitrogens with two attached hydrogens (primary N) is 1. The molecule has 0 saturated heterocycles.